The normalized spacial score (nSPS) is 11.2. The first kappa shape index (κ1) is 14.1. The minimum atomic E-state index is 0.748. The third kappa shape index (κ3) is 2.56. The molecular weight excluding hydrogens is 326 g/mol. The molecular formula is C17H18BrN3. The second-order valence-electron chi connectivity index (χ2n) is 5.32. The molecule has 2 aromatic carbocycles. The van der Waals surface area contributed by atoms with Crippen LogP contribution in [0.1, 0.15) is 24.7 Å². The molecule has 108 valence electrons. The average molecular weight is 344 g/mol. The molecule has 0 aliphatic rings. The minimum Gasteiger partial charge on any atom is -0.399 e. The number of nitrogens with zero attached hydrogens (tertiary/aromatic N) is 2. The van der Waals surface area contributed by atoms with Crippen LogP contribution in [0.4, 0.5) is 5.69 Å². The van der Waals surface area contributed by atoms with Crippen molar-refractivity contribution >= 4 is 32.7 Å². The first-order chi connectivity index (χ1) is 10.1. The van der Waals surface area contributed by atoms with Crippen molar-refractivity contribution in [3.8, 4) is 5.69 Å². The van der Waals surface area contributed by atoms with Crippen molar-refractivity contribution in [3.63, 3.8) is 0 Å². The number of nitrogens with two attached hydrogens (primary N) is 1. The number of anilines is 1. The van der Waals surface area contributed by atoms with Crippen LogP contribution in [0.5, 0.6) is 0 Å². The van der Waals surface area contributed by atoms with Crippen molar-refractivity contribution in [3.05, 3.63) is 52.3 Å². The molecule has 0 bridgehead atoms. The maximum atomic E-state index is 5.89. The van der Waals surface area contributed by atoms with E-state index in [1.54, 1.807) is 0 Å². The van der Waals surface area contributed by atoms with Crippen LogP contribution in [0.15, 0.2) is 40.9 Å². The minimum absolute atomic E-state index is 0.748. The zero-order chi connectivity index (χ0) is 15.0. The Balaban J connectivity index is 2.30. The lowest BCUT2D eigenvalue weighted by molar-refractivity contribution is 0.817. The number of hydrogen-bond donors (Lipinski definition) is 1. The van der Waals surface area contributed by atoms with Crippen LogP contribution in [0.25, 0.3) is 16.7 Å². The third-order valence-electron chi connectivity index (χ3n) is 3.57. The molecule has 4 heteroatoms. The standard InChI is InChI=1S/C17H18BrN3/c1-3-4-17-20-14-10-12(19)6-8-16(14)21(17)15-7-5-11(2)9-13(15)18/h5-10H,3-4,19H2,1-2H3. The largest absolute Gasteiger partial charge is 0.399 e. The summed E-state index contributed by atoms with van der Waals surface area (Å²) in [7, 11) is 0. The van der Waals surface area contributed by atoms with Gasteiger partial charge in [-0.25, -0.2) is 4.98 Å². The van der Waals surface area contributed by atoms with E-state index in [1.807, 2.05) is 18.2 Å². The molecule has 2 N–H and O–H groups in total. The Kier molecular flexibility index (Phi) is 3.72. The molecule has 0 radical (unpaired) electrons. The van der Waals surface area contributed by atoms with E-state index < -0.39 is 0 Å². The number of rotatable bonds is 3. The SMILES string of the molecule is CCCc1nc2cc(N)ccc2n1-c1ccc(C)cc1Br. The molecule has 3 aromatic rings. The number of benzene rings is 2. The average Bonchev–Trinajstić information content (AvgIpc) is 2.76. The van der Waals surface area contributed by atoms with Gasteiger partial charge in [-0.15, -0.1) is 0 Å². The van der Waals surface area contributed by atoms with Gasteiger partial charge in [-0.1, -0.05) is 13.0 Å². The number of imidazole rings is 1. The predicted molar refractivity (Wildman–Crippen MR) is 91.9 cm³/mol. The van der Waals surface area contributed by atoms with Gasteiger partial charge in [0.2, 0.25) is 0 Å². The van der Waals surface area contributed by atoms with Gasteiger partial charge in [0.15, 0.2) is 0 Å². The van der Waals surface area contributed by atoms with Crippen molar-refractivity contribution in [2.24, 2.45) is 0 Å². The highest BCUT2D eigenvalue weighted by Crippen LogP contribution is 2.29. The van der Waals surface area contributed by atoms with Crippen LogP contribution in [0, 0.1) is 6.92 Å². The Morgan fingerprint density at radius 3 is 2.71 bits per heavy atom. The molecule has 0 aliphatic carbocycles. The fourth-order valence-electron chi connectivity index (χ4n) is 2.60. The van der Waals surface area contributed by atoms with Gasteiger partial charge in [-0.3, -0.25) is 4.57 Å². The van der Waals surface area contributed by atoms with E-state index in [0.29, 0.717) is 0 Å². The van der Waals surface area contributed by atoms with Gasteiger partial charge in [0.05, 0.1) is 16.7 Å². The molecule has 0 atom stereocenters. The van der Waals surface area contributed by atoms with Crippen LogP contribution in [-0.4, -0.2) is 9.55 Å². The van der Waals surface area contributed by atoms with Crippen LogP contribution in [0.2, 0.25) is 0 Å². The highest BCUT2D eigenvalue weighted by atomic mass is 79.9. The van der Waals surface area contributed by atoms with Gasteiger partial charge in [-0.05, 0) is 65.2 Å². The quantitative estimate of drug-likeness (QED) is 0.704. The lowest BCUT2D eigenvalue weighted by Crippen LogP contribution is -2.02. The van der Waals surface area contributed by atoms with Gasteiger partial charge in [0, 0.05) is 16.6 Å². The molecule has 0 aliphatic heterocycles. The number of hydrogen-bond acceptors (Lipinski definition) is 2. The van der Waals surface area contributed by atoms with Gasteiger partial charge in [0.25, 0.3) is 0 Å². The van der Waals surface area contributed by atoms with E-state index in [4.69, 9.17) is 10.7 Å². The van der Waals surface area contributed by atoms with Crippen LogP contribution in [-0.2, 0) is 6.42 Å². The monoisotopic (exact) mass is 343 g/mol. The van der Waals surface area contributed by atoms with Crippen LogP contribution < -0.4 is 5.73 Å². The Morgan fingerprint density at radius 1 is 1.19 bits per heavy atom. The molecule has 0 spiro atoms. The van der Waals surface area contributed by atoms with Gasteiger partial charge in [-0.2, -0.15) is 0 Å². The number of aromatic nitrogens is 2. The molecule has 3 rings (SSSR count). The molecule has 1 aromatic heterocycles. The molecule has 3 nitrogen and oxygen atoms in total. The van der Waals surface area contributed by atoms with E-state index >= 15 is 0 Å². The Hall–Kier alpha value is -1.81. The summed E-state index contributed by atoms with van der Waals surface area (Å²) in [5.74, 6) is 1.07. The first-order valence-corrected chi connectivity index (χ1v) is 7.93. The fraction of sp³-hybridized carbons (Fsp3) is 0.235. The molecule has 21 heavy (non-hydrogen) atoms. The molecule has 0 saturated carbocycles. The first-order valence-electron chi connectivity index (χ1n) is 7.13. The Morgan fingerprint density at radius 2 is 2.00 bits per heavy atom. The van der Waals surface area contributed by atoms with Crippen LogP contribution >= 0.6 is 15.9 Å². The highest BCUT2D eigenvalue weighted by molar-refractivity contribution is 9.10. The van der Waals surface area contributed by atoms with Gasteiger partial charge in [0.1, 0.15) is 5.82 Å². The van der Waals surface area contributed by atoms with E-state index in [9.17, 15) is 0 Å². The maximum absolute atomic E-state index is 5.89. The molecule has 1 heterocycles. The lowest BCUT2D eigenvalue weighted by Gasteiger charge is -2.11. The lowest BCUT2D eigenvalue weighted by atomic mass is 10.2. The molecule has 0 unspecified atom stereocenters. The summed E-state index contributed by atoms with van der Waals surface area (Å²) in [6.07, 6.45) is 2.00. The van der Waals surface area contributed by atoms with E-state index in [1.165, 1.54) is 5.56 Å². The number of halogens is 1. The maximum Gasteiger partial charge on any atom is 0.114 e. The fourth-order valence-corrected chi connectivity index (χ4v) is 3.27. The number of nitrogen functional groups attached to an aromatic ring is 1. The third-order valence-corrected chi connectivity index (χ3v) is 4.20. The van der Waals surface area contributed by atoms with Gasteiger partial charge >= 0.3 is 0 Å². The predicted octanol–water partition coefficient (Wildman–Crippen LogP) is 4.63. The van der Waals surface area contributed by atoms with E-state index in [-0.39, 0.29) is 0 Å². The summed E-state index contributed by atoms with van der Waals surface area (Å²) >= 11 is 3.68. The molecule has 0 saturated heterocycles. The van der Waals surface area contributed by atoms with Crippen molar-refractivity contribution in [2.75, 3.05) is 5.73 Å². The van der Waals surface area contributed by atoms with E-state index in [2.05, 4.69) is 52.5 Å². The number of aryl methyl sites for hydroxylation is 2. The second kappa shape index (κ2) is 5.53. The Labute approximate surface area is 132 Å². The highest BCUT2D eigenvalue weighted by Gasteiger charge is 2.14. The van der Waals surface area contributed by atoms with Crippen molar-refractivity contribution in [1.29, 1.82) is 0 Å². The zero-order valence-corrected chi connectivity index (χ0v) is 13.8. The summed E-state index contributed by atoms with van der Waals surface area (Å²) in [4.78, 5) is 4.77. The number of fused-ring (bicyclic) bond motifs is 1. The Bertz CT molecular complexity index is 805. The van der Waals surface area contributed by atoms with Crippen molar-refractivity contribution < 1.29 is 0 Å². The summed E-state index contributed by atoms with van der Waals surface area (Å²) in [5, 5.41) is 0. The van der Waals surface area contributed by atoms with Crippen molar-refractivity contribution in [1.82, 2.24) is 9.55 Å². The zero-order valence-electron chi connectivity index (χ0n) is 12.2. The summed E-state index contributed by atoms with van der Waals surface area (Å²) in [5.41, 5.74) is 11.0. The summed E-state index contributed by atoms with van der Waals surface area (Å²) in [6.45, 7) is 4.26. The molecule has 0 amide bonds. The van der Waals surface area contributed by atoms with Gasteiger partial charge < -0.3 is 5.73 Å². The summed E-state index contributed by atoms with van der Waals surface area (Å²) < 4.78 is 3.30. The topological polar surface area (TPSA) is 43.8 Å². The van der Waals surface area contributed by atoms with Crippen molar-refractivity contribution in [2.45, 2.75) is 26.7 Å². The van der Waals surface area contributed by atoms with Crippen LogP contribution in [0.3, 0.4) is 0 Å². The summed E-state index contributed by atoms with van der Waals surface area (Å²) in [6, 6.07) is 12.3. The van der Waals surface area contributed by atoms with E-state index in [0.717, 1.165) is 45.5 Å². The molecule has 0 fully saturated rings. The second-order valence-corrected chi connectivity index (χ2v) is 6.17. The smallest absolute Gasteiger partial charge is 0.114 e.